The van der Waals surface area contributed by atoms with Crippen LogP contribution in [0.1, 0.15) is 0 Å². The second kappa shape index (κ2) is 14.4. The highest BCUT2D eigenvalue weighted by atomic mass is 15.3. The van der Waals surface area contributed by atoms with Crippen molar-refractivity contribution in [3.8, 4) is 56.0 Å². The highest BCUT2D eigenvalue weighted by Gasteiger charge is 2.32. The van der Waals surface area contributed by atoms with E-state index in [4.69, 9.17) is 4.98 Å². The third kappa shape index (κ3) is 5.37. The molecule has 2 aliphatic rings. The van der Waals surface area contributed by atoms with Crippen LogP contribution in [0.2, 0.25) is 0 Å². The molecule has 14 rings (SSSR count). The summed E-state index contributed by atoms with van der Waals surface area (Å²) >= 11 is 0. The predicted octanol–water partition coefficient (Wildman–Crippen LogP) is 15.5. The largest absolute Gasteiger partial charge is 0.338 e. The zero-order chi connectivity index (χ0) is 43.3. The van der Waals surface area contributed by atoms with Crippen molar-refractivity contribution < 1.29 is 0 Å². The monoisotopic (exact) mass is 843 g/mol. The number of nitrogens with zero attached hydrogens (tertiary/aromatic N) is 5. The number of anilines is 4. The summed E-state index contributed by atoms with van der Waals surface area (Å²) in [4.78, 5) is 10.2. The molecule has 0 amide bonds. The zero-order valence-electron chi connectivity index (χ0n) is 36.0. The van der Waals surface area contributed by atoms with Crippen LogP contribution in [-0.2, 0) is 0 Å². The molecule has 310 valence electrons. The van der Waals surface area contributed by atoms with Crippen molar-refractivity contribution in [2.45, 2.75) is 0 Å². The van der Waals surface area contributed by atoms with E-state index in [1.165, 1.54) is 77.5 Å². The minimum atomic E-state index is 0.840. The van der Waals surface area contributed by atoms with Gasteiger partial charge in [0.1, 0.15) is 0 Å². The van der Waals surface area contributed by atoms with Gasteiger partial charge in [-0.1, -0.05) is 133 Å². The van der Waals surface area contributed by atoms with Gasteiger partial charge in [0.25, 0.3) is 0 Å². The lowest BCUT2D eigenvalue weighted by atomic mass is 9.81. The van der Waals surface area contributed by atoms with Gasteiger partial charge in [-0.15, -0.1) is 0 Å². The molecule has 0 saturated heterocycles. The Morgan fingerprint density at radius 2 is 0.818 bits per heavy atom. The first-order chi connectivity index (χ1) is 32.8. The summed E-state index contributed by atoms with van der Waals surface area (Å²) in [5.74, 6) is 0. The molecule has 9 aromatic carbocycles. The van der Waals surface area contributed by atoms with Gasteiger partial charge in [-0.3, -0.25) is 4.98 Å². The molecule has 0 unspecified atom stereocenters. The fourth-order valence-corrected chi connectivity index (χ4v) is 11.2. The average molecular weight is 844 g/mol. The van der Waals surface area contributed by atoms with Crippen LogP contribution < -0.4 is 9.80 Å². The lowest BCUT2D eigenvalue weighted by molar-refractivity contribution is 0.850. The number of rotatable bonds is 4. The van der Waals surface area contributed by atoms with E-state index in [0.29, 0.717) is 0 Å². The average Bonchev–Trinajstić information content (AvgIpc) is 3.90. The quantitative estimate of drug-likeness (QED) is 0.177. The maximum absolute atomic E-state index is 5.24. The number of pyridine rings is 1. The maximum atomic E-state index is 5.24. The van der Waals surface area contributed by atoms with Crippen LogP contribution >= 0.6 is 0 Å². The molecule has 66 heavy (non-hydrogen) atoms. The van der Waals surface area contributed by atoms with E-state index in [-0.39, 0.29) is 0 Å². The third-order valence-corrected chi connectivity index (χ3v) is 14.0. The molecule has 1 aliphatic heterocycles. The van der Waals surface area contributed by atoms with Gasteiger partial charge in [0.15, 0.2) is 0 Å². The molecule has 12 aromatic rings. The molecule has 0 bridgehead atoms. The van der Waals surface area contributed by atoms with Crippen LogP contribution in [0.15, 0.2) is 225 Å². The summed E-state index contributed by atoms with van der Waals surface area (Å²) in [5, 5.41) is 4.95. The fourth-order valence-electron chi connectivity index (χ4n) is 11.2. The van der Waals surface area contributed by atoms with E-state index in [1.54, 1.807) is 0 Å². The van der Waals surface area contributed by atoms with Gasteiger partial charge in [0.2, 0.25) is 0 Å². The molecule has 0 N–H and O–H groups in total. The Hall–Kier alpha value is -8.67. The molecular weight excluding hydrogens is 803 g/mol. The second-order valence-electron chi connectivity index (χ2n) is 17.4. The second-order valence-corrected chi connectivity index (χ2v) is 17.4. The van der Waals surface area contributed by atoms with Crippen LogP contribution in [0, 0.1) is 0 Å². The van der Waals surface area contributed by atoms with Gasteiger partial charge < -0.3 is 18.9 Å². The maximum Gasteiger partial charge on any atom is 0.0787 e. The molecule has 0 atom stereocenters. The molecule has 0 spiro atoms. The van der Waals surface area contributed by atoms with E-state index in [1.807, 2.05) is 6.20 Å². The Kier molecular flexibility index (Phi) is 8.04. The number of aromatic nitrogens is 3. The Morgan fingerprint density at radius 3 is 1.48 bits per heavy atom. The molecule has 0 saturated carbocycles. The van der Waals surface area contributed by atoms with Crippen LogP contribution in [0.3, 0.4) is 0 Å². The third-order valence-electron chi connectivity index (χ3n) is 14.0. The molecule has 4 heterocycles. The molecular formula is C61H41N5. The van der Waals surface area contributed by atoms with E-state index < -0.39 is 0 Å². The minimum Gasteiger partial charge on any atom is -0.338 e. The predicted molar refractivity (Wildman–Crippen MR) is 275 cm³/mol. The highest BCUT2D eigenvalue weighted by molar-refractivity contribution is 6.14. The molecule has 5 heteroatoms. The number of fused-ring (bicyclic) bond motifs is 15. The van der Waals surface area contributed by atoms with Crippen molar-refractivity contribution in [2.75, 3.05) is 22.9 Å². The summed E-state index contributed by atoms with van der Waals surface area (Å²) in [5.41, 5.74) is 20.8. The van der Waals surface area contributed by atoms with Crippen molar-refractivity contribution in [1.29, 1.82) is 0 Å². The zero-order valence-corrected chi connectivity index (χ0v) is 36.0. The highest BCUT2D eigenvalue weighted by Crippen LogP contribution is 2.54. The van der Waals surface area contributed by atoms with Crippen molar-refractivity contribution in [3.63, 3.8) is 0 Å². The standard InChI is InChI=1S/C61H41N5/c1-3-17-40(18-4-1)63-35-36-64(41-19-5-2-6-20-41)59-39-52-50(38-58(59)63)48-26-15-31-57(60(48)47-25-8-7-21-43(47)49-27-16-34-62-61(49)52)66-55-30-14-11-24-46(55)51-37-42(32-33-56(51)66)65-53-28-12-9-22-44(53)45-23-10-13-29-54(45)65/h1-34,37-39H,35-36H2. The van der Waals surface area contributed by atoms with Gasteiger partial charge in [0.05, 0.1) is 44.8 Å². The summed E-state index contributed by atoms with van der Waals surface area (Å²) in [6, 6.07) is 80.1. The smallest absolute Gasteiger partial charge is 0.0787 e. The Labute approximate surface area is 382 Å². The van der Waals surface area contributed by atoms with Crippen molar-refractivity contribution in [3.05, 3.63) is 225 Å². The van der Waals surface area contributed by atoms with E-state index in [2.05, 4.69) is 237 Å². The number of para-hydroxylation sites is 5. The minimum absolute atomic E-state index is 0.840. The molecule has 1 aliphatic carbocycles. The molecule has 0 fully saturated rings. The summed E-state index contributed by atoms with van der Waals surface area (Å²) in [6.07, 6.45) is 1.94. The van der Waals surface area contributed by atoms with E-state index in [9.17, 15) is 0 Å². The van der Waals surface area contributed by atoms with Crippen LogP contribution in [-0.4, -0.2) is 27.2 Å². The molecule has 5 nitrogen and oxygen atoms in total. The number of hydrogen-bond acceptors (Lipinski definition) is 3. The van der Waals surface area contributed by atoms with Crippen molar-refractivity contribution in [1.82, 2.24) is 14.1 Å². The lowest BCUT2D eigenvalue weighted by Gasteiger charge is -2.40. The molecule has 0 radical (unpaired) electrons. The Morgan fingerprint density at radius 1 is 0.303 bits per heavy atom. The summed E-state index contributed by atoms with van der Waals surface area (Å²) in [6.45, 7) is 1.68. The van der Waals surface area contributed by atoms with Crippen LogP contribution in [0.25, 0.3) is 99.6 Å². The Bertz CT molecular complexity index is 3850. The van der Waals surface area contributed by atoms with Gasteiger partial charge in [-0.05, 0) is 107 Å². The van der Waals surface area contributed by atoms with Crippen molar-refractivity contribution in [2.24, 2.45) is 0 Å². The van der Waals surface area contributed by atoms with Crippen LogP contribution in [0.4, 0.5) is 22.7 Å². The van der Waals surface area contributed by atoms with E-state index >= 15 is 0 Å². The van der Waals surface area contributed by atoms with Crippen molar-refractivity contribution >= 4 is 66.4 Å². The number of benzene rings is 9. The topological polar surface area (TPSA) is 29.2 Å². The van der Waals surface area contributed by atoms with Gasteiger partial charge in [0, 0.05) is 74.6 Å². The number of hydrogen-bond donors (Lipinski definition) is 0. The summed E-state index contributed by atoms with van der Waals surface area (Å²) in [7, 11) is 0. The SMILES string of the molecule is c1ccc(N2CCN(c3ccccc3)c3cc4c(cc32)-c2cccc(-n3c5ccccc5c5cc(-n6c7ccccc7c7ccccc76)ccc53)c2-c2ccccc2-c2cccnc2-4)cc1. The normalized spacial score (nSPS) is 13.0. The first kappa shape index (κ1) is 36.8. The van der Waals surface area contributed by atoms with E-state index in [0.717, 1.165) is 57.9 Å². The van der Waals surface area contributed by atoms with Gasteiger partial charge in [-0.2, -0.15) is 0 Å². The van der Waals surface area contributed by atoms with Gasteiger partial charge in [-0.25, -0.2) is 0 Å². The molecule has 3 aromatic heterocycles. The van der Waals surface area contributed by atoms with Crippen LogP contribution in [0.5, 0.6) is 0 Å². The first-order valence-corrected chi connectivity index (χ1v) is 22.8. The lowest BCUT2D eigenvalue weighted by Crippen LogP contribution is -2.36. The van der Waals surface area contributed by atoms with Gasteiger partial charge >= 0.3 is 0 Å². The fraction of sp³-hybridized carbons (Fsp3) is 0.0328. The Balaban J connectivity index is 1.06. The summed E-state index contributed by atoms with van der Waals surface area (Å²) < 4.78 is 4.93. The first-order valence-electron chi connectivity index (χ1n) is 22.8.